The van der Waals surface area contributed by atoms with Gasteiger partial charge in [-0.3, -0.25) is 0 Å². The molecule has 1 aromatic heterocycles. The predicted octanol–water partition coefficient (Wildman–Crippen LogP) is 3.00. The van der Waals surface area contributed by atoms with E-state index in [0.717, 1.165) is 37.1 Å². The third-order valence-corrected chi connectivity index (χ3v) is 6.20. The molecule has 2 aliphatic rings. The minimum atomic E-state index is -3.35. The van der Waals surface area contributed by atoms with E-state index in [1.54, 1.807) is 34.8 Å². The predicted molar refractivity (Wildman–Crippen MR) is 81.9 cm³/mol. The van der Waals surface area contributed by atoms with Crippen molar-refractivity contribution >= 4 is 10.0 Å². The highest BCUT2D eigenvalue weighted by Gasteiger charge is 2.29. The zero-order valence-electron chi connectivity index (χ0n) is 12.2. The quantitative estimate of drug-likeness (QED) is 0.869. The third-order valence-electron chi connectivity index (χ3n) is 4.29. The third kappa shape index (κ3) is 2.46. The zero-order valence-corrected chi connectivity index (χ0v) is 13.1. The van der Waals surface area contributed by atoms with Crippen LogP contribution in [-0.4, -0.2) is 30.8 Å². The summed E-state index contributed by atoms with van der Waals surface area (Å²) in [6.07, 6.45) is 5.90. The fourth-order valence-corrected chi connectivity index (χ4v) is 4.33. The van der Waals surface area contributed by atoms with Crippen molar-refractivity contribution in [3.05, 3.63) is 36.4 Å². The number of benzene rings is 1. The van der Waals surface area contributed by atoms with E-state index in [1.807, 2.05) is 0 Å². The van der Waals surface area contributed by atoms with Crippen molar-refractivity contribution in [2.24, 2.45) is 0 Å². The molecule has 1 saturated heterocycles. The van der Waals surface area contributed by atoms with E-state index in [1.165, 1.54) is 0 Å². The van der Waals surface area contributed by atoms with Crippen LogP contribution in [0.5, 0.6) is 0 Å². The topological polar surface area (TPSA) is 63.4 Å². The molecule has 4 rings (SSSR count). The van der Waals surface area contributed by atoms with Crippen LogP contribution in [0, 0.1) is 0 Å². The molecule has 0 amide bonds. The van der Waals surface area contributed by atoms with Crippen molar-refractivity contribution in [2.75, 3.05) is 13.1 Å². The van der Waals surface area contributed by atoms with Crippen molar-refractivity contribution < 1.29 is 12.8 Å². The van der Waals surface area contributed by atoms with Gasteiger partial charge >= 0.3 is 0 Å². The molecule has 1 saturated carbocycles. The lowest BCUT2D eigenvalue weighted by Crippen LogP contribution is -2.27. The second-order valence-corrected chi connectivity index (χ2v) is 7.91. The van der Waals surface area contributed by atoms with E-state index in [4.69, 9.17) is 4.42 Å². The summed E-state index contributed by atoms with van der Waals surface area (Å²) in [5.41, 5.74) is 0.861. The Morgan fingerprint density at radius 1 is 1.09 bits per heavy atom. The van der Waals surface area contributed by atoms with Gasteiger partial charge in [0.05, 0.1) is 11.1 Å². The van der Waals surface area contributed by atoms with E-state index < -0.39 is 10.0 Å². The first kappa shape index (κ1) is 14.0. The lowest BCUT2D eigenvalue weighted by molar-refractivity contribution is 0.477. The molecular weight excluding hydrogens is 300 g/mol. The first-order valence-electron chi connectivity index (χ1n) is 7.71. The van der Waals surface area contributed by atoms with Gasteiger partial charge in [-0.15, -0.1) is 0 Å². The van der Waals surface area contributed by atoms with E-state index in [0.29, 0.717) is 29.7 Å². The molecule has 22 heavy (non-hydrogen) atoms. The summed E-state index contributed by atoms with van der Waals surface area (Å²) < 4.78 is 32.3. The van der Waals surface area contributed by atoms with Crippen LogP contribution in [0.1, 0.15) is 37.5 Å². The van der Waals surface area contributed by atoms with Crippen molar-refractivity contribution in [1.82, 2.24) is 9.29 Å². The highest BCUT2D eigenvalue weighted by Crippen LogP contribution is 2.40. The average molecular weight is 318 g/mol. The molecule has 116 valence electrons. The molecule has 0 atom stereocenters. The van der Waals surface area contributed by atoms with Gasteiger partial charge < -0.3 is 4.42 Å². The highest BCUT2D eigenvalue weighted by atomic mass is 32.2. The molecule has 0 radical (unpaired) electrons. The maximum Gasteiger partial charge on any atom is 0.243 e. The average Bonchev–Trinajstić information content (AvgIpc) is 3.06. The maximum atomic E-state index is 12.5. The zero-order chi connectivity index (χ0) is 15.2. The monoisotopic (exact) mass is 318 g/mol. The summed E-state index contributed by atoms with van der Waals surface area (Å²) in [7, 11) is -3.35. The Kier molecular flexibility index (Phi) is 3.31. The van der Waals surface area contributed by atoms with E-state index in [2.05, 4.69) is 4.98 Å². The normalized spacial score (nSPS) is 19.6. The van der Waals surface area contributed by atoms with Crippen LogP contribution < -0.4 is 0 Å². The number of hydrogen-bond donors (Lipinski definition) is 0. The molecule has 1 aromatic carbocycles. The van der Waals surface area contributed by atoms with Crippen LogP contribution in [0.25, 0.3) is 11.3 Å². The summed E-state index contributed by atoms with van der Waals surface area (Å²) in [5.74, 6) is 1.97. The number of hydrogen-bond acceptors (Lipinski definition) is 4. The van der Waals surface area contributed by atoms with E-state index in [-0.39, 0.29) is 0 Å². The Bertz CT molecular complexity index is 770. The second-order valence-electron chi connectivity index (χ2n) is 5.97. The number of rotatable bonds is 4. The number of aromatic nitrogens is 1. The van der Waals surface area contributed by atoms with Gasteiger partial charge in [0.1, 0.15) is 0 Å². The van der Waals surface area contributed by atoms with Gasteiger partial charge in [-0.05, 0) is 49.9 Å². The molecule has 2 heterocycles. The van der Waals surface area contributed by atoms with Crippen LogP contribution >= 0.6 is 0 Å². The molecular formula is C16H18N2O3S. The minimum absolute atomic E-state index is 0.347. The van der Waals surface area contributed by atoms with Crippen molar-refractivity contribution in [3.63, 3.8) is 0 Å². The van der Waals surface area contributed by atoms with Crippen LogP contribution in [0.3, 0.4) is 0 Å². The van der Waals surface area contributed by atoms with Gasteiger partial charge in [-0.1, -0.05) is 0 Å². The molecule has 1 aliphatic carbocycles. The van der Waals surface area contributed by atoms with Crippen LogP contribution in [0.4, 0.5) is 0 Å². The molecule has 1 aliphatic heterocycles. The fourth-order valence-electron chi connectivity index (χ4n) is 2.81. The summed E-state index contributed by atoms with van der Waals surface area (Å²) in [6, 6.07) is 6.89. The number of nitrogens with zero attached hydrogens (tertiary/aromatic N) is 2. The van der Waals surface area contributed by atoms with Gasteiger partial charge in [0.25, 0.3) is 0 Å². The Hall–Kier alpha value is -1.66. The lowest BCUT2D eigenvalue weighted by atomic mass is 10.2. The number of sulfonamides is 1. The standard InChI is InChI=1S/C16H18N2O3S/c19-22(20,18-9-1-2-10-18)14-7-5-12(6-8-14)15-11-17-16(21-15)13-3-4-13/h5-8,11,13H,1-4,9-10H2. The van der Waals surface area contributed by atoms with Gasteiger partial charge in [-0.25, -0.2) is 13.4 Å². The van der Waals surface area contributed by atoms with Crippen molar-refractivity contribution in [1.29, 1.82) is 0 Å². The summed E-state index contributed by atoms with van der Waals surface area (Å²) in [6.45, 7) is 1.24. The van der Waals surface area contributed by atoms with Crippen LogP contribution in [0.15, 0.2) is 39.8 Å². The Morgan fingerprint density at radius 3 is 2.41 bits per heavy atom. The van der Waals surface area contributed by atoms with Gasteiger partial charge in [-0.2, -0.15) is 4.31 Å². The second kappa shape index (κ2) is 5.21. The summed E-state index contributed by atoms with van der Waals surface area (Å²) in [5, 5.41) is 0. The summed E-state index contributed by atoms with van der Waals surface area (Å²) in [4.78, 5) is 4.64. The van der Waals surface area contributed by atoms with Gasteiger partial charge in [0.15, 0.2) is 11.7 Å². The SMILES string of the molecule is O=S(=O)(c1ccc(-c2cnc(C3CC3)o2)cc1)N1CCCC1. The molecule has 0 N–H and O–H groups in total. The lowest BCUT2D eigenvalue weighted by Gasteiger charge is -2.15. The first-order chi connectivity index (χ1) is 10.6. The number of oxazole rings is 1. The molecule has 2 aromatic rings. The smallest absolute Gasteiger partial charge is 0.243 e. The Labute approximate surface area is 130 Å². The molecule has 6 heteroatoms. The summed E-state index contributed by atoms with van der Waals surface area (Å²) >= 11 is 0. The molecule has 0 spiro atoms. The van der Waals surface area contributed by atoms with Crippen LogP contribution in [-0.2, 0) is 10.0 Å². The first-order valence-corrected chi connectivity index (χ1v) is 9.15. The molecule has 0 bridgehead atoms. The fraction of sp³-hybridized carbons (Fsp3) is 0.438. The Balaban J connectivity index is 1.59. The van der Waals surface area contributed by atoms with E-state index >= 15 is 0 Å². The highest BCUT2D eigenvalue weighted by molar-refractivity contribution is 7.89. The maximum absolute atomic E-state index is 12.5. The molecule has 2 fully saturated rings. The van der Waals surface area contributed by atoms with Crippen molar-refractivity contribution in [2.45, 2.75) is 36.5 Å². The van der Waals surface area contributed by atoms with Gasteiger partial charge in [0.2, 0.25) is 10.0 Å². The largest absolute Gasteiger partial charge is 0.440 e. The van der Waals surface area contributed by atoms with Gasteiger partial charge in [0, 0.05) is 24.6 Å². The van der Waals surface area contributed by atoms with Crippen LogP contribution in [0.2, 0.25) is 0 Å². The minimum Gasteiger partial charge on any atom is -0.440 e. The Morgan fingerprint density at radius 2 is 1.77 bits per heavy atom. The molecule has 5 nitrogen and oxygen atoms in total. The van der Waals surface area contributed by atoms with Crippen molar-refractivity contribution in [3.8, 4) is 11.3 Å². The van der Waals surface area contributed by atoms with E-state index in [9.17, 15) is 8.42 Å². The molecule has 0 unspecified atom stereocenters.